The van der Waals surface area contributed by atoms with Gasteiger partial charge in [0.15, 0.2) is 19.1 Å². The van der Waals surface area contributed by atoms with Gasteiger partial charge in [-0.3, -0.25) is 0 Å². The van der Waals surface area contributed by atoms with E-state index in [9.17, 15) is 0 Å². The predicted octanol–water partition coefficient (Wildman–Crippen LogP) is 2.22. The summed E-state index contributed by atoms with van der Waals surface area (Å²) >= 11 is 0. The van der Waals surface area contributed by atoms with Gasteiger partial charge < -0.3 is 4.42 Å². The third-order valence-corrected chi connectivity index (χ3v) is 2.78. The molecule has 2 aromatic heterocycles. The first-order valence-corrected chi connectivity index (χ1v) is 5.63. The number of rotatable bonds is 4. The molecule has 2 rings (SSSR count). The van der Waals surface area contributed by atoms with Crippen LogP contribution in [0.2, 0.25) is 0 Å². The summed E-state index contributed by atoms with van der Waals surface area (Å²) < 4.78 is 7.37. The van der Waals surface area contributed by atoms with E-state index in [2.05, 4.69) is 47.9 Å². The second-order valence-corrected chi connectivity index (χ2v) is 4.51. The van der Waals surface area contributed by atoms with Crippen LogP contribution in [-0.2, 0) is 6.54 Å². The maximum Gasteiger partial charge on any atom is 0.198 e. The van der Waals surface area contributed by atoms with Crippen LogP contribution in [-0.4, -0.2) is 10.1 Å². The van der Waals surface area contributed by atoms with E-state index in [0.717, 1.165) is 12.3 Å². The van der Waals surface area contributed by atoms with Gasteiger partial charge in [0.2, 0.25) is 0 Å². The second-order valence-electron chi connectivity index (χ2n) is 4.51. The van der Waals surface area contributed by atoms with Crippen molar-refractivity contribution < 1.29 is 9.10 Å². The quantitative estimate of drug-likeness (QED) is 0.803. The molecule has 1 N–H and O–H groups in total. The Morgan fingerprint density at radius 3 is 2.81 bits per heavy atom. The van der Waals surface area contributed by atoms with Crippen molar-refractivity contribution >= 4 is 0 Å². The summed E-state index contributed by atoms with van der Waals surface area (Å²) in [7, 11) is 0. The van der Waals surface area contributed by atoms with Crippen molar-refractivity contribution in [2.45, 2.75) is 39.2 Å². The molecule has 0 fully saturated rings. The Balaban J connectivity index is 2.03. The van der Waals surface area contributed by atoms with Crippen LogP contribution in [0.3, 0.4) is 0 Å². The van der Waals surface area contributed by atoms with Gasteiger partial charge >= 0.3 is 0 Å². The van der Waals surface area contributed by atoms with Gasteiger partial charge in [-0.2, -0.15) is 5.10 Å². The summed E-state index contributed by atoms with van der Waals surface area (Å²) in [5, 5.41) is 3.23. The van der Waals surface area contributed by atoms with Crippen molar-refractivity contribution in [2.24, 2.45) is 0 Å². The van der Waals surface area contributed by atoms with E-state index in [4.69, 9.17) is 4.42 Å². The lowest BCUT2D eigenvalue weighted by Gasteiger charge is -2.00. The number of nitrogens with one attached hydrogen (secondary N) is 1. The van der Waals surface area contributed by atoms with Gasteiger partial charge in [0.05, 0.1) is 18.3 Å². The van der Waals surface area contributed by atoms with Crippen LogP contribution in [0.15, 0.2) is 29.4 Å². The molecule has 0 aromatic carbocycles. The minimum atomic E-state index is 0.325. The Bertz CT molecular complexity index is 431. The molecule has 0 radical (unpaired) electrons. The molecule has 0 amide bonds. The van der Waals surface area contributed by atoms with Gasteiger partial charge in [-0.15, -0.1) is 4.68 Å². The van der Waals surface area contributed by atoms with E-state index in [1.807, 2.05) is 0 Å². The summed E-state index contributed by atoms with van der Waals surface area (Å²) in [6, 6.07) is 0. The average Bonchev–Trinajstić information content (AvgIpc) is 2.87. The first kappa shape index (κ1) is 10.9. The molecule has 0 aliphatic carbocycles. The third kappa shape index (κ3) is 2.32. The molecule has 0 bridgehead atoms. The molecule has 4 heteroatoms. The molecule has 0 spiro atoms. The highest BCUT2D eigenvalue weighted by atomic mass is 16.3. The van der Waals surface area contributed by atoms with E-state index in [1.165, 1.54) is 12.0 Å². The first-order chi connectivity index (χ1) is 7.66. The van der Waals surface area contributed by atoms with Gasteiger partial charge in [0.1, 0.15) is 5.76 Å². The Morgan fingerprint density at radius 2 is 2.25 bits per heavy atom. The maximum absolute atomic E-state index is 5.28. The van der Waals surface area contributed by atoms with Crippen molar-refractivity contribution in [1.82, 2.24) is 10.1 Å². The summed E-state index contributed by atoms with van der Waals surface area (Å²) in [4.78, 5) is 3.93. The topological polar surface area (TPSA) is 45.7 Å². The SMILES string of the molecule is CC(C)c1c[nH][n+](CC(C)c2cnco2)c1. The molecule has 16 heavy (non-hydrogen) atoms. The van der Waals surface area contributed by atoms with Gasteiger partial charge in [-0.1, -0.05) is 13.8 Å². The monoisotopic (exact) mass is 220 g/mol. The largest absolute Gasteiger partial charge is 0.448 e. The number of nitrogens with zero attached hydrogens (tertiary/aromatic N) is 2. The fourth-order valence-corrected chi connectivity index (χ4v) is 1.69. The lowest BCUT2D eigenvalue weighted by Crippen LogP contribution is -2.37. The van der Waals surface area contributed by atoms with Crippen molar-refractivity contribution in [3.8, 4) is 0 Å². The zero-order chi connectivity index (χ0) is 11.5. The fourth-order valence-electron chi connectivity index (χ4n) is 1.69. The van der Waals surface area contributed by atoms with E-state index in [1.54, 1.807) is 6.20 Å². The minimum Gasteiger partial charge on any atom is -0.448 e. The number of aromatic amines is 1. The molecule has 0 saturated carbocycles. The molecule has 86 valence electrons. The van der Waals surface area contributed by atoms with E-state index >= 15 is 0 Å². The molecule has 1 atom stereocenters. The van der Waals surface area contributed by atoms with Gasteiger partial charge in [0, 0.05) is 5.56 Å². The van der Waals surface area contributed by atoms with Gasteiger partial charge in [-0.05, 0) is 12.8 Å². The highest BCUT2D eigenvalue weighted by Gasteiger charge is 2.17. The number of hydrogen-bond donors (Lipinski definition) is 1. The molecular weight excluding hydrogens is 202 g/mol. The summed E-state index contributed by atoms with van der Waals surface area (Å²) in [5.74, 6) is 1.80. The smallest absolute Gasteiger partial charge is 0.198 e. The average molecular weight is 220 g/mol. The standard InChI is InChI=1S/C12H17N3O/c1-9(2)11-4-14-15(7-11)6-10(3)12-5-13-8-16-12/h4-5,7-10H,6H2,1-3H3/p+1. The zero-order valence-electron chi connectivity index (χ0n) is 9.97. The lowest BCUT2D eigenvalue weighted by atomic mass is 10.1. The van der Waals surface area contributed by atoms with Gasteiger partial charge in [0.25, 0.3) is 0 Å². The van der Waals surface area contributed by atoms with Crippen molar-refractivity contribution in [3.63, 3.8) is 0 Å². The van der Waals surface area contributed by atoms with Gasteiger partial charge in [-0.25, -0.2) is 4.98 Å². The van der Waals surface area contributed by atoms with Crippen LogP contribution in [0.25, 0.3) is 0 Å². The Kier molecular flexibility index (Phi) is 3.08. The number of H-pyrrole nitrogens is 1. The van der Waals surface area contributed by atoms with Crippen molar-refractivity contribution in [3.05, 3.63) is 36.3 Å². The molecule has 2 heterocycles. The normalized spacial score (nSPS) is 13.2. The molecule has 0 aliphatic rings. The number of oxazole rings is 1. The van der Waals surface area contributed by atoms with Crippen molar-refractivity contribution in [1.29, 1.82) is 0 Å². The predicted molar refractivity (Wildman–Crippen MR) is 60.0 cm³/mol. The summed E-state index contributed by atoms with van der Waals surface area (Å²) in [6.45, 7) is 7.38. The Hall–Kier alpha value is -1.58. The van der Waals surface area contributed by atoms with Crippen molar-refractivity contribution in [2.75, 3.05) is 0 Å². The zero-order valence-corrected chi connectivity index (χ0v) is 9.97. The Morgan fingerprint density at radius 1 is 1.44 bits per heavy atom. The highest BCUT2D eigenvalue weighted by molar-refractivity contribution is 5.04. The molecule has 0 saturated heterocycles. The van der Waals surface area contributed by atoms with Crippen LogP contribution in [0, 0.1) is 0 Å². The maximum atomic E-state index is 5.28. The molecule has 4 nitrogen and oxygen atoms in total. The van der Waals surface area contributed by atoms with Crippen LogP contribution in [0.5, 0.6) is 0 Å². The number of aromatic nitrogens is 3. The van der Waals surface area contributed by atoms with Crippen LogP contribution >= 0.6 is 0 Å². The number of hydrogen-bond acceptors (Lipinski definition) is 2. The van der Waals surface area contributed by atoms with E-state index in [0.29, 0.717) is 11.8 Å². The van der Waals surface area contributed by atoms with E-state index in [-0.39, 0.29) is 0 Å². The van der Waals surface area contributed by atoms with Crippen LogP contribution < -0.4 is 4.68 Å². The molecular formula is C12H18N3O+. The summed E-state index contributed by atoms with van der Waals surface area (Å²) in [6.07, 6.45) is 7.46. The molecule has 0 aliphatic heterocycles. The second kappa shape index (κ2) is 4.51. The molecule has 2 aromatic rings. The summed E-state index contributed by atoms with van der Waals surface area (Å²) in [5.41, 5.74) is 1.32. The highest BCUT2D eigenvalue weighted by Crippen LogP contribution is 2.14. The first-order valence-electron chi connectivity index (χ1n) is 5.63. The molecule has 1 unspecified atom stereocenters. The van der Waals surface area contributed by atoms with Crippen LogP contribution in [0.1, 0.15) is 43.9 Å². The minimum absolute atomic E-state index is 0.325. The van der Waals surface area contributed by atoms with E-state index < -0.39 is 0 Å². The third-order valence-electron chi connectivity index (χ3n) is 2.78. The fraction of sp³-hybridized carbons (Fsp3) is 0.500. The lowest BCUT2D eigenvalue weighted by molar-refractivity contribution is -0.752. The van der Waals surface area contributed by atoms with Crippen LogP contribution in [0.4, 0.5) is 0 Å². The Labute approximate surface area is 95.3 Å².